The van der Waals surface area contributed by atoms with Crippen molar-refractivity contribution in [3.05, 3.63) is 48.6 Å². The molecule has 0 bridgehead atoms. The Hall–Kier alpha value is -2.07. The summed E-state index contributed by atoms with van der Waals surface area (Å²) in [4.78, 5) is 33.5. The molecule has 0 aliphatic heterocycles. The molecule has 0 rings (SSSR count). The Bertz CT molecular complexity index is 1090. The van der Waals surface area contributed by atoms with Crippen LogP contribution < -0.4 is 5.73 Å². The molecule has 0 radical (unpaired) electrons. The third kappa shape index (κ3) is 41.9. The number of phosphoric ester groups is 1. The highest BCUT2D eigenvalue weighted by atomic mass is 31.2. The molecule has 3 unspecified atom stereocenters. The maximum absolute atomic E-state index is 12.6. The largest absolute Gasteiger partial charge is 0.480 e. The SMILES string of the molecule is CC/C=C\C/C=C\C/C=C\C/C=C\CCCCCCCCCCCOCC(COP(=O)(O)OCC(N)C(=O)O)OC(=O)CCCCCCCCCCCCCCC. The number of carbonyl (C=O) groups excluding carboxylic acids is 1. The number of rotatable bonds is 43. The molecule has 0 aliphatic rings. The smallest absolute Gasteiger partial charge is 0.472 e. The summed E-state index contributed by atoms with van der Waals surface area (Å²) in [6.07, 6.45) is 48.7. The first-order chi connectivity index (χ1) is 27.7. The van der Waals surface area contributed by atoms with Crippen LogP contribution in [-0.4, -0.2) is 60.5 Å². The molecule has 0 aromatic rings. The number of unbranched alkanes of at least 4 members (excludes halogenated alkanes) is 21. The minimum atomic E-state index is -4.62. The summed E-state index contributed by atoms with van der Waals surface area (Å²) >= 11 is 0. The molecule has 11 heteroatoms. The lowest BCUT2D eigenvalue weighted by Gasteiger charge is -2.20. The molecule has 0 spiro atoms. The molecule has 57 heavy (non-hydrogen) atoms. The Balaban J connectivity index is 4.17. The fraction of sp³-hybridized carbons (Fsp3) is 0.783. The standard InChI is InChI=1S/C46H84NO9P/c1-3-5-7-9-11-13-15-17-18-19-20-21-22-23-24-25-27-29-31-33-35-37-39-53-40-43(41-54-57(51,52)55-42-44(47)46(49)50)56-45(48)38-36-34-32-30-28-26-16-14-12-10-8-6-4-2/h5,7,11,13,17-18,20-21,43-44H,3-4,6,8-10,12,14-16,19,22-42,47H2,1-2H3,(H,49,50)(H,51,52)/b7-5-,13-11-,18-17-,21-20-. The van der Waals surface area contributed by atoms with Crippen LogP contribution in [0.15, 0.2) is 48.6 Å². The Labute approximate surface area is 348 Å². The first kappa shape index (κ1) is 54.9. The second-order valence-electron chi connectivity index (χ2n) is 15.2. The van der Waals surface area contributed by atoms with Gasteiger partial charge in [0.05, 0.1) is 19.8 Å². The zero-order valence-electron chi connectivity index (χ0n) is 36.2. The van der Waals surface area contributed by atoms with Crippen LogP contribution in [0.3, 0.4) is 0 Å². The van der Waals surface area contributed by atoms with Gasteiger partial charge >= 0.3 is 19.8 Å². The van der Waals surface area contributed by atoms with Crippen molar-refractivity contribution in [3.8, 4) is 0 Å². The monoisotopic (exact) mass is 826 g/mol. The third-order valence-electron chi connectivity index (χ3n) is 9.62. The van der Waals surface area contributed by atoms with E-state index >= 15 is 0 Å². The summed E-state index contributed by atoms with van der Waals surface area (Å²) in [5.74, 6) is -1.78. The van der Waals surface area contributed by atoms with E-state index in [-0.39, 0.29) is 13.0 Å². The van der Waals surface area contributed by atoms with E-state index in [1.807, 2.05) is 0 Å². The number of carboxylic acids is 1. The van der Waals surface area contributed by atoms with E-state index in [9.17, 15) is 19.0 Å². The number of hydrogen-bond donors (Lipinski definition) is 3. The van der Waals surface area contributed by atoms with Gasteiger partial charge in [-0.3, -0.25) is 18.6 Å². The quantitative estimate of drug-likeness (QED) is 0.0234. The van der Waals surface area contributed by atoms with Gasteiger partial charge in [-0.1, -0.05) is 184 Å². The highest BCUT2D eigenvalue weighted by Gasteiger charge is 2.27. The van der Waals surface area contributed by atoms with Crippen molar-refractivity contribution < 1.29 is 42.7 Å². The number of aliphatic carboxylic acids is 1. The second kappa shape index (κ2) is 42.1. The minimum absolute atomic E-state index is 0.0138. The van der Waals surface area contributed by atoms with E-state index in [4.69, 9.17) is 29.4 Å². The molecule has 10 nitrogen and oxygen atoms in total. The molecule has 4 N–H and O–H groups in total. The van der Waals surface area contributed by atoms with E-state index < -0.39 is 45.1 Å². The van der Waals surface area contributed by atoms with Crippen LogP contribution in [0, 0.1) is 0 Å². The van der Waals surface area contributed by atoms with Crippen LogP contribution in [0.2, 0.25) is 0 Å². The third-order valence-corrected chi connectivity index (χ3v) is 10.6. The molecular weight excluding hydrogens is 741 g/mol. The van der Waals surface area contributed by atoms with Crippen molar-refractivity contribution in [1.29, 1.82) is 0 Å². The lowest BCUT2D eigenvalue weighted by atomic mass is 10.0. The summed E-state index contributed by atoms with van der Waals surface area (Å²) in [6, 6.07) is -1.47. The molecule has 332 valence electrons. The predicted octanol–water partition coefficient (Wildman–Crippen LogP) is 12.6. The van der Waals surface area contributed by atoms with Gasteiger partial charge in [0.15, 0.2) is 0 Å². The maximum atomic E-state index is 12.6. The fourth-order valence-corrected chi connectivity index (χ4v) is 6.90. The van der Waals surface area contributed by atoms with Gasteiger partial charge < -0.3 is 25.2 Å². The van der Waals surface area contributed by atoms with Crippen molar-refractivity contribution in [2.45, 2.75) is 206 Å². The van der Waals surface area contributed by atoms with Gasteiger partial charge in [-0.2, -0.15) is 0 Å². The molecule has 0 aliphatic carbocycles. The van der Waals surface area contributed by atoms with Gasteiger partial charge in [-0.05, 0) is 51.4 Å². The van der Waals surface area contributed by atoms with Gasteiger partial charge in [0.25, 0.3) is 0 Å². The van der Waals surface area contributed by atoms with Gasteiger partial charge in [0, 0.05) is 13.0 Å². The number of nitrogens with two attached hydrogens (primary N) is 1. The van der Waals surface area contributed by atoms with Crippen LogP contribution in [0.4, 0.5) is 0 Å². The molecule has 0 amide bonds. The molecule has 0 saturated heterocycles. The highest BCUT2D eigenvalue weighted by Crippen LogP contribution is 2.43. The molecule has 0 heterocycles. The summed E-state index contributed by atoms with van der Waals surface area (Å²) in [6.45, 7) is 3.76. The number of phosphoric acid groups is 1. The average molecular weight is 826 g/mol. The lowest BCUT2D eigenvalue weighted by Crippen LogP contribution is -2.34. The molecular formula is C46H84NO9P. The van der Waals surface area contributed by atoms with E-state index in [1.165, 1.54) is 103 Å². The minimum Gasteiger partial charge on any atom is -0.480 e. The second-order valence-corrected chi connectivity index (χ2v) is 16.6. The number of carboxylic acid groups (broad SMARTS) is 1. The van der Waals surface area contributed by atoms with Gasteiger partial charge in [0.1, 0.15) is 12.1 Å². The highest BCUT2D eigenvalue weighted by molar-refractivity contribution is 7.47. The van der Waals surface area contributed by atoms with Crippen molar-refractivity contribution in [2.24, 2.45) is 5.73 Å². The Kier molecular flexibility index (Phi) is 40.5. The van der Waals surface area contributed by atoms with Crippen LogP contribution >= 0.6 is 7.82 Å². The van der Waals surface area contributed by atoms with Gasteiger partial charge in [0.2, 0.25) is 0 Å². The van der Waals surface area contributed by atoms with E-state index in [0.29, 0.717) is 13.0 Å². The lowest BCUT2D eigenvalue weighted by molar-refractivity contribution is -0.154. The van der Waals surface area contributed by atoms with Crippen LogP contribution in [0.1, 0.15) is 194 Å². The molecule has 0 fully saturated rings. The van der Waals surface area contributed by atoms with Gasteiger partial charge in [-0.15, -0.1) is 0 Å². The zero-order valence-corrected chi connectivity index (χ0v) is 37.1. The summed E-state index contributed by atoms with van der Waals surface area (Å²) in [7, 11) is -4.62. The van der Waals surface area contributed by atoms with Crippen molar-refractivity contribution in [1.82, 2.24) is 0 Å². The number of hydrogen-bond acceptors (Lipinski definition) is 8. The van der Waals surface area contributed by atoms with Crippen molar-refractivity contribution in [2.75, 3.05) is 26.4 Å². The van der Waals surface area contributed by atoms with Crippen LogP contribution in [0.5, 0.6) is 0 Å². The van der Waals surface area contributed by atoms with Crippen molar-refractivity contribution in [3.63, 3.8) is 0 Å². The zero-order chi connectivity index (χ0) is 41.9. The molecule has 0 aromatic heterocycles. The van der Waals surface area contributed by atoms with Crippen molar-refractivity contribution >= 4 is 19.8 Å². The summed E-state index contributed by atoms with van der Waals surface area (Å²) in [5, 5.41) is 8.90. The number of carbonyl (C=O) groups is 2. The van der Waals surface area contributed by atoms with E-state index in [1.54, 1.807) is 0 Å². The topological polar surface area (TPSA) is 155 Å². The summed E-state index contributed by atoms with van der Waals surface area (Å²) in [5.41, 5.74) is 5.36. The molecule has 3 atom stereocenters. The first-order valence-corrected chi connectivity index (χ1v) is 24.2. The number of allylic oxidation sites excluding steroid dienone is 8. The molecule has 0 saturated carbocycles. The fourth-order valence-electron chi connectivity index (χ4n) is 6.12. The Morgan fingerprint density at radius 2 is 1.02 bits per heavy atom. The summed E-state index contributed by atoms with van der Waals surface area (Å²) < 4.78 is 33.4. The molecule has 0 aromatic carbocycles. The Morgan fingerprint density at radius 1 is 0.579 bits per heavy atom. The Morgan fingerprint density at radius 3 is 1.53 bits per heavy atom. The number of esters is 1. The normalized spacial score (nSPS) is 14.3. The maximum Gasteiger partial charge on any atom is 0.472 e. The van der Waals surface area contributed by atoms with E-state index in [2.05, 4.69) is 62.5 Å². The first-order valence-electron chi connectivity index (χ1n) is 22.7. The average Bonchev–Trinajstić information content (AvgIpc) is 3.19. The van der Waals surface area contributed by atoms with Crippen LogP contribution in [0.25, 0.3) is 0 Å². The van der Waals surface area contributed by atoms with E-state index in [0.717, 1.165) is 64.2 Å². The number of ether oxygens (including phenoxy) is 2. The van der Waals surface area contributed by atoms with Gasteiger partial charge in [-0.25, -0.2) is 4.57 Å². The predicted molar refractivity (Wildman–Crippen MR) is 235 cm³/mol. The van der Waals surface area contributed by atoms with Crippen LogP contribution in [-0.2, 0) is 32.7 Å².